The number of carbonyl (C=O) groups excluding carboxylic acids is 1. The Labute approximate surface area is 175 Å². The van der Waals surface area contributed by atoms with Gasteiger partial charge in [-0.1, -0.05) is 12.1 Å². The first-order valence-corrected chi connectivity index (χ1v) is 11.7. The van der Waals surface area contributed by atoms with Gasteiger partial charge >= 0.3 is 0 Å². The van der Waals surface area contributed by atoms with Crippen molar-refractivity contribution in [3.05, 3.63) is 47.0 Å². The zero-order chi connectivity index (χ0) is 20.0. The lowest BCUT2D eigenvalue weighted by Crippen LogP contribution is -2.48. The molecule has 3 rings (SSSR count). The van der Waals surface area contributed by atoms with Crippen LogP contribution in [0.1, 0.15) is 40.7 Å². The molecular weight excluding hydrogens is 385 g/mol. The Bertz CT molecular complexity index is 754. The van der Waals surface area contributed by atoms with Gasteiger partial charge in [0.05, 0.1) is 5.04 Å². The zero-order valence-electron chi connectivity index (χ0n) is 17.0. The molecule has 1 fully saturated rings. The van der Waals surface area contributed by atoms with Crippen molar-refractivity contribution in [1.29, 1.82) is 0 Å². The summed E-state index contributed by atoms with van der Waals surface area (Å²) in [5, 5.41) is 4.95. The van der Waals surface area contributed by atoms with Gasteiger partial charge in [0, 0.05) is 49.2 Å². The molecule has 1 saturated heterocycles. The van der Waals surface area contributed by atoms with E-state index in [4.69, 9.17) is 0 Å². The van der Waals surface area contributed by atoms with Crippen molar-refractivity contribution in [1.82, 2.24) is 10.2 Å². The number of aliphatic imine (C=N–C) groups is 1. The molecule has 1 aromatic carbocycles. The van der Waals surface area contributed by atoms with Crippen molar-refractivity contribution >= 4 is 32.0 Å². The van der Waals surface area contributed by atoms with Crippen LogP contribution in [0.3, 0.4) is 0 Å². The standard InChI is InChI=1S/C22H32N3OPS/c1-17-6-7-19(15-18(17)2)21(26)25-12-8-22(27,9-13-25)16-23-11-14-28-20-5-3-4-10-24-20/h3,5-7,15,23H,4,8-14,16,27H2,1-2H3. The molecule has 1 aromatic rings. The summed E-state index contributed by atoms with van der Waals surface area (Å²) >= 11 is 1.83. The number of thioether (sulfide) groups is 1. The molecule has 1 unspecified atom stereocenters. The SMILES string of the molecule is Cc1ccc(C(=O)N2CCC(P)(CNCCSC3=NCCC=C3)CC2)cc1C. The predicted octanol–water partition coefficient (Wildman–Crippen LogP) is 3.83. The normalized spacial score (nSPS) is 18.8. The second-order valence-corrected chi connectivity index (χ2v) is 10.2. The summed E-state index contributed by atoms with van der Waals surface area (Å²) in [5.74, 6) is 1.21. The van der Waals surface area contributed by atoms with Crippen molar-refractivity contribution in [2.24, 2.45) is 4.99 Å². The van der Waals surface area contributed by atoms with E-state index >= 15 is 0 Å². The zero-order valence-corrected chi connectivity index (χ0v) is 19.0. The van der Waals surface area contributed by atoms with E-state index in [0.29, 0.717) is 0 Å². The summed E-state index contributed by atoms with van der Waals surface area (Å²) in [6.45, 7) is 8.69. The molecular formula is C22H32N3OPS. The number of hydrogen-bond donors (Lipinski definition) is 1. The van der Waals surface area contributed by atoms with Gasteiger partial charge in [0.2, 0.25) is 0 Å². The molecule has 0 spiro atoms. The third-order valence-corrected chi connectivity index (χ3v) is 7.38. The Morgan fingerprint density at radius 2 is 2.07 bits per heavy atom. The number of hydrogen-bond acceptors (Lipinski definition) is 4. The fourth-order valence-corrected chi connectivity index (χ4v) is 4.77. The highest BCUT2D eigenvalue weighted by Gasteiger charge is 2.32. The average Bonchev–Trinajstić information content (AvgIpc) is 2.71. The van der Waals surface area contributed by atoms with Crippen molar-refractivity contribution in [2.75, 3.05) is 38.5 Å². The Kier molecular flexibility index (Phi) is 7.73. The first-order chi connectivity index (χ1) is 13.5. The lowest BCUT2D eigenvalue weighted by atomic mass is 9.94. The molecule has 2 aliphatic heterocycles. The number of amides is 1. The summed E-state index contributed by atoms with van der Waals surface area (Å²) in [6.07, 6.45) is 7.44. The van der Waals surface area contributed by atoms with Crippen LogP contribution in [0.25, 0.3) is 0 Å². The Balaban J connectivity index is 1.39. The number of rotatable bonds is 6. The molecule has 6 heteroatoms. The lowest BCUT2D eigenvalue weighted by molar-refractivity contribution is 0.0704. The summed E-state index contributed by atoms with van der Waals surface area (Å²) < 4.78 is 0. The first kappa shape index (κ1) is 21.5. The van der Waals surface area contributed by atoms with Gasteiger partial charge in [-0.15, -0.1) is 21.0 Å². The molecule has 1 N–H and O–H groups in total. The first-order valence-electron chi connectivity index (χ1n) is 10.2. The third kappa shape index (κ3) is 5.92. The predicted molar refractivity (Wildman–Crippen MR) is 125 cm³/mol. The Morgan fingerprint density at radius 1 is 1.29 bits per heavy atom. The number of benzene rings is 1. The van der Waals surface area contributed by atoms with Crippen molar-refractivity contribution < 1.29 is 4.79 Å². The summed E-state index contributed by atoms with van der Waals surface area (Å²) in [7, 11) is 3.05. The second kappa shape index (κ2) is 10.0. The van der Waals surface area contributed by atoms with Gasteiger partial charge in [-0.3, -0.25) is 9.79 Å². The van der Waals surface area contributed by atoms with Crippen LogP contribution in [-0.4, -0.2) is 59.5 Å². The van der Waals surface area contributed by atoms with Gasteiger partial charge in [0.1, 0.15) is 0 Å². The number of dihydropyridines is 1. The van der Waals surface area contributed by atoms with Gasteiger partial charge in [0.15, 0.2) is 0 Å². The highest BCUT2D eigenvalue weighted by Crippen LogP contribution is 2.31. The van der Waals surface area contributed by atoms with Gasteiger partial charge in [-0.05, 0) is 62.4 Å². The average molecular weight is 418 g/mol. The quantitative estimate of drug-likeness (QED) is 0.565. The highest BCUT2D eigenvalue weighted by atomic mass is 32.2. The maximum Gasteiger partial charge on any atom is 0.253 e. The van der Waals surface area contributed by atoms with Crippen LogP contribution in [-0.2, 0) is 0 Å². The van der Waals surface area contributed by atoms with E-state index in [0.717, 1.165) is 68.3 Å². The van der Waals surface area contributed by atoms with Crippen LogP contribution in [0, 0.1) is 13.8 Å². The summed E-state index contributed by atoms with van der Waals surface area (Å²) in [4.78, 5) is 19.3. The third-order valence-electron chi connectivity index (χ3n) is 5.63. The minimum atomic E-state index is 0.167. The Hall–Kier alpha value is -1.16. The minimum absolute atomic E-state index is 0.167. The van der Waals surface area contributed by atoms with Gasteiger partial charge in [0.25, 0.3) is 5.91 Å². The lowest BCUT2D eigenvalue weighted by Gasteiger charge is -2.39. The second-order valence-electron chi connectivity index (χ2n) is 7.89. The molecule has 1 amide bonds. The van der Waals surface area contributed by atoms with Crippen LogP contribution in [0.4, 0.5) is 0 Å². The van der Waals surface area contributed by atoms with E-state index < -0.39 is 0 Å². The number of nitrogens with one attached hydrogen (secondary N) is 1. The van der Waals surface area contributed by atoms with Crippen LogP contribution in [0.15, 0.2) is 35.3 Å². The summed E-state index contributed by atoms with van der Waals surface area (Å²) in [6, 6.07) is 6.02. The van der Waals surface area contributed by atoms with Crippen LogP contribution >= 0.6 is 21.0 Å². The molecule has 0 saturated carbocycles. The smallest absolute Gasteiger partial charge is 0.253 e. The number of likely N-dealkylation sites (tertiary alicyclic amines) is 1. The molecule has 152 valence electrons. The number of aryl methyl sites for hydroxylation is 2. The van der Waals surface area contributed by atoms with Crippen LogP contribution < -0.4 is 5.32 Å². The topological polar surface area (TPSA) is 44.7 Å². The van der Waals surface area contributed by atoms with Crippen molar-refractivity contribution in [2.45, 2.75) is 38.3 Å². The molecule has 1 atom stereocenters. The fraction of sp³-hybridized carbons (Fsp3) is 0.545. The van der Waals surface area contributed by atoms with Gasteiger partial charge < -0.3 is 10.2 Å². The maximum atomic E-state index is 12.8. The van der Waals surface area contributed by atoms with E-state index in [9.17, 15) is 4.79 Å². The number of carbonyl (C=O) groups is 1. The van der Waals surface area contributed by atoms with Crippen molar-refractivity contribution in [3.8, 4) is 0 Å². The Morgan fingerprint density at radius 3 is 2.75 bits per heavy atom. The molecule has 2 heterocycles. The molecule has 0 bridgehead atoms. The van der Waals surface area contributed by atoms with Gasteiger partial charge in [-0.2, -0.15) is 0 Å². The minimum Gasteiger partial charge on any atom is -0.339 e. The van der Waals surface area contributed by atoms with Crippen LogP contribution in [0.2, 0.25) is 0 Å². The molecule has 28 heavy (non-hydrogen) atoms. The van der Waals surface area contributed by atoms with Gasteiger partial charge in [-0.25, -0.2) is 0 Å². The largest absolute Gasteiger partial charge is 0.339 e. The van der Waals surface area contributed by atoms with E-state index in [2.05, 4.69) is 45.5 Å². The number of nitrogens with zero attached hydrogens (tertiary/aromatic N) is 2. The molecule has 2 aliphatic rings. The molecule has 0 radical (unpaired) electrons. The summed E-state index contributed by atoms with van der Waals surface area (Å²) in [5.41, 5.74) is 3.23. The maximum absolute atomic E-state index is 12.8. The highest BCUT2D eigenvalue weighted by molar-refractivity contribution is 8.14. The number of piperidine rings is 1. The molecule has 0 aromatic heterocycles. The van der Waals surface area contributed by atoms with E-state index in [1.54, 1.807) is 0 Å². The monoisotopic (exact) mass is 417 g/mol. The van der Waals surface area contributed by atoms with Crippen molar-refractivity contribution in [3.63, 3.8) is 0 Å². The van der Waals surface area contributed by atoms with E-state index in [-0.39, 0.29) is 11.1 Å². The fourth-order valence-electron chi connectivity index (χ4n) is 3.53. The molecule has 4 nitrogen and oxygen atoms in total. The molecule has 0 aliphatic carbocycles. The van der Waals surface area contributed by atoms with E-state index in [1.807, 2.05) is 34.9 Å². The van der Waals surface area contributed by atoms with E-state index in [1.165, 1.54) is 11.1 Å². The van der Waals surface area contributed by atoms with Crippen LogP contribution in [0.5, 0.6) is 0 Å².